The SMILES string of the molecule is COc1ccc2[nH]cc(C3=CCN4CCC[C@@H]4C3)c2c1. The summed E-state index contributed by atoms with van der Waals surface area (Å²) in [6, 6.07) is 7.01. The molecular formula is C17H20N2O. The molecule has 2 aliphatic heterocycles. The Morgan fingerprint density at radius 2 is 2.30 bits per heavy atom. The summed E-state index contributed by atoms with van der Waals surface area (Å²) in [7, 11) is 1.73. The van der Waals surface area contributed by atoms with Crippen molar-refractivity contribution in [2.75, 3.05) is 20.2 Å². The predicted octanol–water partition coefficient (Wildman–Crippen LogP) is 3.43. The van der Waals surface area contributed by atoms with E-state index in [0.717, 1.165) is 18.3 Å². The van der Waals surface area contributed by atoms with Crippen LogP contribution in [0.3, 0.4) is 0 Å². The third-order valence-corrected chi connectivity index (χ3v) is 4.76. The van der Waals surface area contributed by atoms with Gasteiger partial charge in [0.05, 0.1) is 7.11 Å². The Kier molecular flexibility index (Phi) is 2.81. The highest BCUT2D eigenvalue weighted by atomic mass is 16.5. The molecule has 1 N–H and O–H groups in total. The third kappa shape index (κ3) is 1.85. The van der Waals surface area contributed by atoms with E-state index in [1.807, 2.05) is 6.07 Å². The highest BCUT2D eigenvalue weighted by Gasteiger charge is 2.28. The van der Waals surface area contributed by atoms with E-state index < -0.39 is 0 Å². The lowest BCUT2D eigenvalue weighted by atomic mass is 9.94. The summed E-state index contributed by atoms with van der Waals surface area (Å²) >= 11 is 0. The van der Waals surface area contributed by atoms with E-state index in [-0.39, 0.29) is 0 Å². The molecule has 1 saturated heterocycles. The van der Waals surface area contributed by atoms with E-state index in [2.05, 4.69) is 34.3 Å². The number of ether oxygens (including phenoxy) is 1. The number of hydrogen-bond acceptors (Lipinski definition) is 2. The van der Waals surface area contributed by atoms with Crippen molar-refractivity contribution in [3.05, 3.63) is 36.0 Å². The molecule has 4 rings (SSSR count). The number of aromatic nitrogens is 1. The number of aromatic amines is 1. The first-order chi connectivity index (χ1) is 9.85. The maximum absolute atomic E-state index is 5.36. The summed E-state index contributed by atoms with van der Waals surface area (Å²) in [6.45, 7) is 2.38. The van der Waals surface area contributed by atoms with E-state index >= 15 is 0 Å². The first-order valence-corrected chi connectivity index (χ1v) is 7.44. The molecule has 0 aliphatic carbocycles. The number of nitrogens with zero attached hydrogens (tertiary/aromatic N) is 1. The fourth-order valence-corrected chi connectivity index (χ4v) is 3.64. The van der Waals surface area contributed by atoms with Crippen molar-refractivity contribution in [1.82, 2.24) is 9.88 Å². The average molecular weight is 268 g/mol. The highest BCUT2D eigenvalue weighted by molar-refractivity contribution is 5.93. The molecule has 2 aliphatic rings. The fourth-order valence-electron chi connectivity index (χ4n) is 3.64. The van der Waals surface area contributed by atoms with Gasteiger partial charge in [-0.15, -0.1) is 0 Å². The van der Waals surface area contributed by atoms with Gasteiger partial charge in [0.15, 0.2) is 0 Å². The number of methoxy groups -OCH3 is 1. The molecule has 104 valence electrons. The average Bonchev–Trinajstić information content (AvgIpc) is 3.11. The number of benzene rings is 1. The van der Waals surface area contributed by atoms with Gasteiger partial charge in [-0.1, -0.05) is 6.08 Å². The summed E-state index contributed by atoms with van der Waals surface area (Å²) in [5.41, 5.74) is 4.04. The number of fused-ring (bicyclic) bond motifs is 2. The molecule has 0 bridgehead atoms. The Hall–Kier alpha value is -1.74. The molecule has 0 unspecified atom stereocenters. The van der Waals surface area contributed by atoms with Crippen molar-refractivity contribution in [2.45, 2.75) is 25.3 Å². The second-order valence-corrected chi connectivity index (χ2v) is 5.84. The van der Waals surface area contributed by atoms with Crippen LogP contribution < -0.4 is 4.74 Å². The van der Waals surface area contributed by atoms with Crippen LogP contribution in [0.2, 0.25) is 0 Å². The smallest absolute Gasteiger partial charge is 0.119 e. The zero-order valence-corrected chi connectivity index (χ0v) is 11.9. The molecule has 3 nitrogen and oxygen atoms in total. The summed E-state index contributed by atoms with van der Waals surface area (Å²) in [5, 5.41) is 1.28. The van der Waals surface area contributed by atoms with Gasteiger partial charge in [-0.2, -0.15) is 0 Å². The molecule has 1 fully saturated rings. The lowest BCUT2D eigenvalue weighted by molar-refractivity contribution is 0.275. The predicted molar refractivity (Wildman–Crippen MR) is 82.0 cm³/mol. The monoisotopic (exact) mass is 268 g/mol. The number of hydrogen-bond donors (Lipinski definition) is 1. The molecule has 0 saturated carbocycles. The molecule has 1 aromatic carbocycles. The summed E-state index contributed by atoms with van der Waals surface area (Å²) in [6.07, 6.45) is 8.45. The van der Waals surface area contributed by atoms with E-state index in [1.54, 1.807) is 7.11 Å². The number of nitrogens with one attached hydrogen (secondary N) is 1. The first-order valence-electron chi connectivity index (χ1n) is 7.44. The normalized spacial score (nSPS) is 22.9. The van der Waals surface area contributed by atoms with Gasteiger partial charge in [0.1, 0.15) is 5.75 Å². The van der Waals surface area contributed by atoms with Crippen LogP contribution in [0.15, 0.2) is 30.5 Å². The number of rotatable bonds is 2. The van der Waals surface area contributed by atoms with E-state index in [0.29, 0.717) is 0 Å². The van der Waals surface area contributed by atoms with Gasteiger partial charge in [0.25, 0.3) is 0 Å². The van der Waals surface area contributed by atoms with Gasteiger partial charge in [-0.25, -0.2) is 0 Å². The standard InChI is InChI=1S/C17H20N2O/c1-20-14-4-5-17-15(10-14)16(11-18-17)12-6-8-19-7-2-3-13(19)9-12/h4-6,10-11,13,18H,2-3,7-9H2,1H3/t13-/m1/s1. The molecule has 0 radical (unpaired) electrons. The Morgan fingerprint density at radius 1 is 1.35 bits per heavy atom. The molecule has 0 spiro atoms. The summed E-state index contributed by atoms with van der Waals surface area (Å²) in [4.78, 5) is 6.00. The van der Waals surface area contributed by atoms with E-state index in [9.17, 15) is 0 Å². The maximum Gasteiger partial charge on any atom is 0.119 e. The zero-order chi connectivity index (χ0) is 13.5. The second kappa shape index (κ2) is 4.67. The summed E-state index contributed by atoms with van der Waals surface area (Å²) in [5.74, 6) is 0.928. The van der Waals surface area contributed by atoms with Crippen LogP contribution in [0.25, 0.3) is 16.5 Å². The lowest BCUT2D eigenvalue weighted by Crippen LogP contribution is -2.32. The molecule has 20 heavy (non-hydrogen) atoms. The van der Waals surface area contributed by atoms with Crippen LogP contribution in [0.1, 0.15) is 24.8 Å². The Morgan fingerprint density at radius 3 is 3.20 bits per heavy atom. The van der Waals surface area contributed by atoms with Crippen molar-refractivity contribution < 1.29 is 4.74 Å². The van der Waals surface area contributed by atoms with Crippen molar-refractivity contribution in [3.63, 3.8) is 0 Å². The topological polar surface area (TPSA) is 28.3 Å². The Labute approximate surface area is 119 Å². The minimum Gasteiger partial charge on any atom is -0.497 e. The van der Waals surface area contributed by atoms with Crippen LogP contribution in [0, 0.1) is 0 Å². The van der Waals surface area contributed by atoms with Crippen LogP contribution in [-0.4, -0.2) is 36.1 Å². The highest BCUT2D eigenvalue weighted by Crippen LogP contribution is 2.36. The van der Waals surface area contributed by atoms with Gasteiger partial charge in [0, 0.05) is 35.2 Å². The quantitative estimate of drug-likeness (QED) is 0.904. The van der Waals surface area contributed by atoms with Gasteiger partial charge in [-0.3, -0.25) is 4.90 Å². The Balaban J connectivity index is 1.74. The Bertz CT molecular complexity index is 671. The molecule has 1 aromatic heterocycles. The third-order valence-electron chi connectivity index (χ3n) is 4.76. The largest absolute Gasteiger partial charge is 0.497 e. The molecule has 2 aromatic rings. The van der Waals surface area contributed by atoms with Gasteiger partial charge < -0.3 is 9.72 Å². The van der Waals surface area contributed by atoms with Gasteiger partial charge in [0.2, 0.25) is 0 Å². The van der Waals surface area contributed by atoms with Crippen molar-refractivity contribution in [2.24, 2.45) is 0 Å². The van der Waals surface area contributed by atoms with Gasteiger partial charge >= 0.3 is 0 Å². The van der Waals surface area contributed by atoms with Crippen LogP contribution >= 0.6 is 0 Å². The van der Waals surface area contributed by atoms with Crippen molar-refractivity contribution in [3.8, 4) is 5.75 Å². The molecular weight excluding hydrogens is 248 g/mol. The lowest BCUT2D eigenvalue weighted by Gasteiger charge is -2.29. The van der Waals surface area contributed by atoms with Crippen LogP contribution in [0.4, 0.5) is 0 Å². The molecule has 3 heterocycles. The maximum atomic E-state index is 5.36. The second-order valence-electron chi connectivity index (χ2n) is 5.84. The zero-order valence-electron chi connectivity index (χ0n) is 11.9. The molecule has 0 amide bonds. The van der Waals surface area contributed by atoms with Crippen LogP contribution in [-0.2, 0) is 0 Å². The minimum absolute atomic E-state index is 0.755. The van der Waals surface area contributed by atoms with Gasteiger partial charge in [-0.05, 0) is 49.6 Å². The minimum atomic E-state index is 0.755. The fraction of sp³-hybridized carbons (Fsp3) is 0.412. The number of H-pyrrole nitrogens is 1. The van der Waals surface area contributed by atoms with Crippen molar-refractivity contribution in [1.29, 1.82) is 0 Å². The van der Waals surface area contributed by atoms with E-state index in [1.165, 1.54) is 47.8 Å². The summed E-state index contributed by atoms with van der Waals surface area (Å²) < 4.78 is 5.36. The van der Waals surface area contributed by atoms with Crippen LogP contribution in [0.5, 0.6) is 5.75 Å². The first kappa shape index (κ1) is 12.0. The molecule has 3 heteroatoms. The van der Waals surface area contributed by atoms with Crippen molar-refractivity contribution >= 4 is 16.5 Å². The molecule has 1 atom stereocenters. The van der Waals surface area contributed by atoms with E-state index in [4.69, 9.17) is 4.74 Å².